The highest BCUT2D eigenvalue weighted by Gasteiger charge is 2.22. The smallest absolute Gasteiger partial charge is 0.251 e. The number of amides is 1. The fraction of sp³-hybridized carbons (Fsp3) is 0.524. The Bertz CT molecular complexity index is 848. The van der Waals surface area contributed by atoms with Crippen LogP contribution in [0, 0.1) is 0 Å². The number of halogens is 1. The van der Waals surface area contributed by atoms with E-state index in [4.69, 9.17) is 4.99 Å². The molecule has 8 nitrogen and oxygen atoms in total. The lowest BCUT2D eigenvalue weighted by Crippen LogP contribution is -2.52. The van der Waals surface area contributed by atoms with Gasteiger partial charge in [-0.15, -0.1) is 24.0 Å². The van der Waals surface area contributed by atoms with E-state index in [1.807, 2.05) is 31.2 Å². The van der Waals surface area contributed by atoms with Gasteiger partial charge in [0.25, 0.3) is 5.91 Å². The van der Waals surface area contributed by atoms with Crippen molar-refractivity contribution >= 4 is 52.5 Å². The van der Waals surface area contributed by atoms with Gasteiger partial charge in [0.1, 0.15) is 5.82 Å². The molecule has 2 heterocycles. The van der Waals surface area contributed by atoms with Gasteiger partial charge in [-0.2, -0.15) is 4.37 Å². The number of nitrogens with one attached hydrogen (secondary N) is 2. The van der Waals surface area contributed by atoms with Crippen LogP contribution < -0.4 is 15.5 Å². The van der Waals surface area contributed by atoms with E-state index in [0.29, 0.717) is 18.7 Å². The molecule has 0 aliphatic carbocycles. The number of aliphatic imine (C=N–C) groups is 1. The molecule has 0 atom stereocenters. The number of aryl methyl sites for hydroxylation is 1. The molecule has 1 saturated heterocycles. The number of piperazine rings is 1. The van der Waals surface area contributed by atoms with Crippen LogP contribution in [0.1, 0.15) is 42.5 Å². The van der Waals surface area contributed by atoms with E-state index in [1.165, 1.54) is 11.5 Å². The van der Waals surface area contributed by atoms with E-state index in [2.05, 4.69) is 43.6 Å². The van der Waals surface area contributed by atoms with Gasteiger partial charge in [-0.1, -0.05) is 19.1 Å². The number of rotatable bonds is 7. The molecular formula is C21H32IN7OS. The third-order valence-corrected chi connectivity index (χ3v) is 5.74. The second kappa shape index (κ2) is 12.8. The number of hydrogen-bond donors (Lipinski definition) is 2. The minimum Gasteiger partial charge on any atom is -0.357 e. The van der Waals surface area contributed by atoms with Gasteiger partial charge < -0.3 is 20.4 Å². The fourth-order valence-electron chi connectivity index (χ4n) is 3.24. The first kappa shape index (κ1) is 25.3. The van der Waals surface area contributed by atoms with Crippen molar-refractivity contribution in [1.82, 2.24) is 24.9 Å². The summed E-state index contributed by atoms with van der Waals surface area (Å²) in [6, 6.07) is 7.65. The summed E-state index contributed by atoms with van der Waals surface area (Å²) < 4.78 is 4.40. The molecule has 170 valence electrons. The molecule has 2 aromatic rings. The molecule has 3 rings (SSSR count). The number of benzene rings is 1. The quantitative estimate of drug-likeness (QED) is 0.310. The maximum atomic E-state index is 11.9. The minimum absolute atomic E-state index is 0. The number of aromatic nitrogens is 2. The van der Waals surface area contributed by atoms with Gasteiger partial charge >= 0.3 is 0 Å². The highest BCUT2D eigenvalue weighted by Crippen LogP contribution is 2.19. The zero-order valence-electron chi connectivity index (χ0n) is 18.4. The molecule has 1 aliphatic heterocycles. The predicted molar refractivity (Wildman–Crippen MR) is 138 cm³/mol. The predicted octanol–water partition coefficient (Wildman–Crippen LogP) is 2.76. The maximum absolute atomic E-state index is 11.9. The van der Waals surface area contributed by atoms with Crippen molar-refractivity contribution in [2.45, 2.75) is 33.7 Å². The van der Waals surface area contributed by atoms with Crippen LogP contribution in [-0.2, 0) is 13.0 Å². The number of carbonyl (C=O) groups is 1. The standard InChI is InChI=1S/C21H31N7OS.HI/c1-4-18-25-21(30-26-18)28-13-11-27(12-14-28)20(23-6-3)24-15-16-7-9-17(10-8-16)19(29)22-5-2;/h7-10H,4-6,11-15H2,1-3H3,(H,22,29)(H,23,24);1H. The summed E-state index contributed by atoms with van der Waals surface area (Å²) in [5.41, 5.74) is 1.76. The van der Waals surface area contributed by atoms with E-state index < -0.39 is 0 Å². The van der Waals surface area contributed by atoms with E-state index in [0.717, 1.165) is 61.6 Å². The zero-order valence-corrected chi connectivity index (χ0v) is 21.6. The van der Waals surface area contributed by atoms with Crippen molar-refractivity contribution in [1.29, 1.82) is 0 Å². The Morgan fingerprint density at radius 3 is 2.32 bits per heavy atom. The van der Waals surface area contributed by atoms with Crippen molar-refractivity contribution < 1.29 is 4.79 Å². The maximum Gasteiger partial charge on any atom is 0.251 e. The van der Waals surface area contributed by atoms with Crippen LogP contribution in [0.15, 0.2) is 29.3 Å². The van der Waals surface area contributed by atoms with E-state index >= 15 is 0 Å². The molecule has 1 aliphatic rings. The van der Waals surface area contributed by atoms with Crippen molar-refractivity contribution in [3.8, 4) is 0 Å². The number of carbonyl (C=O) groups excluding carboxylic acids is 1. The Morgan fingerprint density at radius 2 is 1.74 bits per heavy atom. The second-order valence-electron chi connectivity index (χ2n) is 7.05. The lowest BCUT2D eigenvalue weighted by atomic mass is 10.1. The number of anilines is 1. The molecule has 0 saturated carbocycles. The monoisotopic (exact) mass is 557 g/mol. The zero-order chi connectivity index (χ0) is 21.3. The summed E-state index contributed by atoms with van der Waals surface area (Å²) >= 11 is 1.49. The molecule has 1 aromatic carbocycles. The normalized spacial score (nSPS) is 14.2. The second-order valence-corrected chi connectivity index (χ2v) is 7.78. The van der Waals surface area contributed by atoms with Gasteiger partial charge in [0.05, 0.1) is 6.54 Å². The van der Waals surface area contributed by atoms with Crippen LogP contribution in [-0.4, -0.2) is 65.4 Å². The minimum atomic E-state index is -0.0414. The molecule has 1 aromatic heterocycles. The van der Waals surface area contributed by atoms with Gasteiger partial charge in [-0.05, 0) is 31.5 Å². The van der Waals surface area contributed by atoms with Gasteiger partial charge in [-0.3, -0.25) is 4.79 Å². The van der Waals surface area contributed by atoms with Crippen LogP contribution in [0.5, 0.6) is 0 Å². The van der Waals surface area contributed by atoms with Crippen molar-refractivity contribution in [3.05, 3.63) is 41.2 Å². The largest absolute Gasteiger partial charge is 0.357 e. The fourth-order valence-corrected chi connectivity index (χ4v) is 4.04. The molecule has 31 heavy (non-hydrogen) atoms. The topological polar surface area (TPSA) is 85.8 Å². The Hall–Kier alpha value is -1.95. The summed E-state index contributed by atoms with van der Waals surface area (Å²) in [6.07, 6.45) is 0.873. The van der Waals surface area contributed by atoms with Crippen molar-refractivity contribution in [2.24, 2.45) is 4.99 Å². The molecule has 0 bridgehead atoms. The average molecular weight is 558 g/mol. The van der Waals surface area contributed by atoms with Gasteiger partial charge in [0.15, 0.2) is 5.96 Å². The van der Waals surface area contributed by atoms with E-state index in [1.54, 1.807) is 0 Å². The Balaban J connectivity index is 0.00000341. The first-order chi connectivity index (χ1) is 14.6. The number of guanidine groups is 1. The summed E-state index contributed by atoms with van der Waals surface area (Å²) in [5, 5.41) is 7.24. The lowest BCUT2D eigenvalue weighted by molar-refractivity contribution is 0.0956. The molecule has 2 N–H and O–H groups in total. The number of hydrogen-bond acceptors (Lipinski definition) is 6. The average Bonchev–Trinajstić information content (AvgIpc) is 3.27. The van der Waals surface area contributed by atoms with Crippen molar-refractivity contribution in [3.63, 3.8) is 0 Å². The van der Waals surface area contributed by atoms with Crippen LogP contribution in [0.3, 0.4) is 0 Å². The van der Waals surface area contributed by atoms with Crippen LogP contribution in [0.4, 0.5) is 5.13 Å². The lowest BCUT2D eigenvalue weighted by Gasteiger charge is -2.36. The molecular weight excluding hydrogens is 525 g/mol. The van der Waals surface area contributed by atoms with Crippen molar-refractivity contribution in [2.75, 3.05) is 44.2 Å². The molecule has 10 heteroatoms. The van der Waals surface area contributed by atoms with Gasteiger partial charge in [0.2, 0.25) is 5.13 Å². The third kappa shape index (κ3) is 7.03. The SMILES string of the molecule is CCNC(=O)c1ccc(CN=C(NCC)N2CCN(c3nc(CC)ns3)CC2)cc1.I. The van der Waals surface area contributed by atoms with Gasteiger partial charge in [-0.25, -0.2) is 9.98 Å². The Kier molecular flexibility index (Phi) is 10.4. The summed E-state index contributed by atoms with van der Waals surface area (Å²) in [7, 11) is 0. The summed E-state index contributed by atoms with van der Waals surface area (Å²) in [4.78, 5) is 25.9. The summed E-state index contributed by atoms with van der Waals surface area (Å²) in [5.74, 6) is 1.81. The first-order valence-corrected chi connectivity index (χ1v) is 11.4. The Labute approximate surface area is 205 Å². The highest BCUT2D eigenvalue weighted by atomic mass is 127. The third-order valence-electron chi connectivity index (χ3n) is 4.92. The van der Waals surface area contributed by atoms with E-state index in [9.17, 15) is 4.79 Å². The highest BCUT2D eigenvalue weighted by molar-refractivity contribution is 14.0. The Morgan fingerprint density at radius 1 is 1.06 bits per heavy atom. The van der Waals surface area contributed by atoms with Gasteiger partial charge in [0, 0.05) is 62.8 Å². The molecule has 0 radical (unpaired) electrons. The number of nitrogens with zero attached hydrogens (tertiary/aromatic N) is 5. The first-order valence-electron chi connectivity index (χ1n) is 10.6. The molecule has 1 amide bonds. The summed E-state index contributed by atoms with van der Waals surface area (Å²) in [6.45, 7) is 11.7. The van der Waals surface area contributed by atoms with E-state index in [-0.39, 0.29) is 29.9 Å². The van der Waals surface area contributed by atoms with Crippen LogP contribution in [0.2, 0.25) is 0 Å². The molecule has 1 fully saturated rings. The molecule has 0 unspecified atom stereocenters. The molecule has 0 spiro atoms. The van der Waals surface area contributed by atoms with Crippen LogP contribution >= 0.6 is 35.5 Å². The van der Waals surface area contributed by atoms with Crippen LogP contribution in [0.25, 0.3) is 0 Å².